The number of hydrazone groups is 1. The first-order valence-electron chi connectivity index (χ1n) is 9.67. The monoisotopic (exact) mass is 495 g/mol. The van der Waals surface area contributed by atoms with Gasteiger partial charge in [-0.15, -0.1) is 0 Å². The maximum absolute atomic E-state index is 13.9. The molecule has 3 aromatic rings. The van der Waals surface area contributed by atoms with E-state index in [1.807, 2.05) is 37.3 Å². The zero-order chi connectivity index (χ0) is 22.9. The van der Waals surface area contributed by atoms with Crippen LogP contribution in [0.4, 0.5) is 4.39 Å². The van der Waals surface area contributed by atoms with E-state index >= 15 is 0 Å². The first-order chi connectivity index (χ1) is 15.5. The fraction of sp³-hybridized carbons (Fsp3) is 0.125. The summed E-state index contributed by atoms with van der Waals surface area (Å²) in [5.41, 5.74) is 3.88. The first kappa shape index (κ1) is 23.0. The lowest BCUT2D eigenvalue weighted by molar-refractivity contribution is 0.0951. The topological polar surface area (TPSA) is 83.7 Å². The lowest BCUT2D eigenvalue weighted by atomic mass is 10.1. The molecular formula is C24H19BrFN3O3. The second-order valence-corrected chi connectivity index (χ2v) is 7.48. The molecule has 0 bridgehead atoms. The van der Waals surface area contributed by atoms with Gasteiger partial charge in [0.05, 0.1) is 30.0 Å². The predicted octanol–water partition coefficient (Wildman–Crippen LogP) is 5.20. The van der Waals surface area contributed by atoms with Gasteiger partial charge in [-0.25, -0.2) is 9.82 Å². The van der Waals surface area contributed by atoms with Crippen molar-refractivity contribution in [3.8, 4) is 17.6 Å². The zero-order valence-corrected chi connectivity index (χ0v) is 18.7. The van der Waals surface area contributed by atoms with Crippen LogP contribution in [0.15, 0.2) is 70.2 Å². The van der Waals surface area contributed by atoms with Gasteiger partial charge in [0.25, 0.3) is 5.91 Å². The number of carbonyl (C=O) groups is 1. The summed E-state index contributed by atoms with van der Waals surface area (Å²) in [5, 5.41) is 12.7. The molecule has 6 nitrogen and oxygen atoms in total. The maximum Gasteiger partial charge on any atom is 0.274 e. The fourth-order valence-corrected chi connectivity index (χ4v) is 2.99. The van der Waals surface area contributed by atoms with Crippen LogP contribution in [0.2, 0.25) is 0 Å². The number of hydrogen-bond acceptors (Lipinski definition) is 5. The molecule has 1 amide bonds. The summed E-state index contributed by atoms with van der Waals surface area (Å²) in [6, 6.07) is 18.5. The van der Waals surface area contributed by atoms with Gasteiger partial charge in [0, 0.05) is 4.47 Å². The number of nitrogens with one attached hydrogen (secondary N) is 1. The third-order valence-corrected chi connectivity index (χ3v) is 4.83. The summed E-state index contributed by atoms with van der Waals surface area (Å²) in [6.07, 6.45) is 1.42. The minimum Gasteiger partial charge on any atom is -0.490 e. The third kappa shape index (κ3) is 6.15. The van der Waals surface area contributed by atoms with Crippen molar-refractivity contribution in [1.29, 1.82) is 5.26 Å². The van der Waals surface area contributed by atoms with E-state index < -0.39 is 11.7 Å². The number of rotatable bonds is 8. The van der Waals surface area contributed by atoms with Crippen molar-refractivity contribution in [2.24, 2.45) is 5.10 Å². The number of halogens is 2. The molecule has 0 fully saturated rings. The molecule has 0 unspecified atom stereocenters. The Morgan fingerprint density at radius 1 is 1.12 bits per heavy atom. The van der Waals surface area contributed by atoms with Gasteiger partial charge in [0.15, 0.2) is 11.5 Å². The Balaban J connectivity index is 1.66. The van der Waals surface area contributed by atoms with Gasteiger partial charge in [-0.1, -0.05) is 28.1 Å². The minimum atomic E-state index is -0.789. The average Bonchev–Trinajstić information content (AvgIpc) is 2.79. The van der Waals surface area contributed by atoms with Crippen LogP contribution in [0.1, 0.15) is 34.0 Å². The van der Waals surface area contributed by atoms with Gasteiger partial charge in [-0.05, 0) is 66.6 Å². The van der Waals surface area contributed by atoms with Crippen molar-refractivity contribution < 1.29 is 18.7 Å². The minimum absolute atomic E-state index is 0.133. The Labute approximate surface area is 193 Å². The number of nitriles is 1. The van der Waals surface area contributed by atoms with E-state index in [2.05, 4.69) is 26.5 Å². The van der Waals surface area contributed by atoms with Crippen LogP contribution in [-0.4, -0.2) is 18.7 Å². The van der Waals surface area contributed by atoms with E-state index in [1.54, 1.807) is 18.2 Å². The predicted molar refractivity (Wildman–Crippen MR) is 122 cm³/mol. The van der Waals surface area contributed by atoms with Crippen molar-refractivity contribution in [3.05, 3.63) is 93.2 Å². The molecule has 32 heavy (non-hydrogen) atoms. The van der Waals surface area contributed by atoms with Crippen molar-refractivity contribution in [3.63, 3.8) is 0 Å². The molecule has 0 saturated heterocycles. The smallest absolute Gasteiger partial charge is 0.274 e. The van der Waals surface area contributed by atoms with Crippen molar-refractivity contribution in [1.82, 2.24) is 5.43 Å². The quantitative estimate of drug-likeness (QED) is 0.343. The Hall–Kier alpha value is -3.70. The molecule has 0 saturated carbocycles. The highest BCUT2D eigenvalue weighted by Crippen LogP contribution is 2.29. The van der Waals surface area contributed by atoms with Crippen molar-refractivity contribution in [2.45, 2.75) is 13.5 Å². The molecule has 1 N–H and O–H groups in total. The summed E-state index contributed by atoms with van der Waals surface area (Å²) >= 11 is 3.40. The summed E-state index contributed by atoms with van der Waals surface area (Å²) in [6.45, 7) is 2.70. The SMILES string of the molecule is CCOc1cc(/C=N\NC(=O)c2ccc(C#N)cc2F)ccc1OCc1ccc(Br)cc1. The van der Waals surface area contributed by atoms with Crippen LogP contribution in [-0.2, 0) is 6.61 Å². The number of hydrogen-bond donors (Lipinski definition) is 1. The van der Waals surface area contributed by atoms with Crippen LogP contribution in [0.3, 0.4) is 0 Å². The van der Waals surface area contributed by atoms with Gasteiger partial charge in [0.1, 0.15) is 12.4 Å². The Bertz CT molecular complexity index is 1170. The number of ether oxygens (including phenoxy) is 2. The van der Waals surface area contributed by atoms with Crippen molar-refractivity contribution >= 4 is 28.1 Å². The highest BCUT2D eigenvalue weighted by atomic mass is 79.9. The zero-order valence-electron chi connectivity index (χ0n) is 17.1. The number of nitrogens with zero attached hydrogens (tertiary/aromatic N) is 2. The first-order valence-corrected chi connectivity index (χ1v) is 10.5. The molecule has 0 spiro atoms. The third-order valence-electron chi connectivity index (χ3n) is 4.30. The standard InChI is InChI=1S/C24H19BrFN3O3/c1-2-31-23-12-18(6-10-22(23)32-15-16-3-7-19(25)8-4-16)14-28-29-24(30)20-9-5-17(13-27)11-21(20)26/h3-12,14H,2,15H2,1H3,(H,29,30)/b28-14-. The van der Waals surface area contributed by atoms with Crippen LogP contribution in [0.25, 0.3) is 0 Å². The molecule has 0 aliphatic heterocycles. The molecule has 3 rings (SSSR count). The molecule has 8 heteroatoms. The molecule has 3 aromatic carbocycles. The molecule has 0 aliphatic carbocycles. The van der Waals surface area contributed by atoms with Gasteiger partial charge in [-0.2, -0.15) is 10.4 Å². The van der Waals surface area contributed by atoms with E-state index in [4.69, 9.17) is 14.7 Å². The second-order valence-electron chi connectivity index (χ2n) is 6.56. The van der Waals surface area contributed by atoms with E-state index in [0.29, 0.717) is 30.3 Å². The van der Waals surface area contributed by atoms with Gasteiger partial charge in [0.2, 0.25) is 0 Å². The molecule has 0 radical (unpaired) electrons. The average molecular weight is 496 g/mol. The maximum atomic E-state index is 13.9. The van der Waals surface area contributed by atoms with Gasteiger partial charge < -0.3 is 9.47 Å². The van der Waals surface area contributed by atoms with E-state index in [-0.39, 0.29) is 11.1 Å². The summed E-state index contributed by atoms with van der Waals surface area (Å²) in [5.74, 6) is -0.390. The normalized spacial score (nSPS) is 10.6. The lowest BCUT2D eigenvalue weighted by Gasteiger charge is -2.12. The van der Waals surface area contributed by atoms with Gasteiger partial charge >= 0.3 is 0 Å². The molecule has 162 valence electrons. The molecule has 0 atom stereocenters. The highest BCUT2D eigenvalue weighted by molar-refractivity contribution is 9.10. The Morgan fingerprint density at radius 3 is 2.59 bits per heavy atom. The number of amides is 1. The Morgan fingerprint density at radius 2 is 1.91 bits per heavy atom. The number of carbonyl (C=O) groups excluding carboxylic acids is 1. The summed E-state index contributed by atoms with van der Waals surface area (Å²) in [7, 11) is 0. The Kier molecular flexibility index (Phi) is 7.95. The van der Waals surface area contributed by atoms with E-state index in [1.165, 1.54) is 18.3 Å². The van der Waals surface area contributed by atoms with Crippen LogP contribution in [0, 0.1) is 17.1 Å². The molecule has 0 aromatic heterocycles. The largest absolute Gasteiger partial charge is 0.490 e. The highest BCUT2D eigenvalue weighted by Gasteiger charge is 2.12. The van der Waals surface area contributed by atoms with E-state index in [0.717, 1.165) is 16.1 Å². The molecule has 0 aliphatic rings. The van der Waals surface area contributed by atoms with E-state index in [9.17, 15) is 9.18 Å². The second kappa shape index (κ2) is 11.1. The fourth-order valence-electron chi connectivity index (χ4n) is 2.73. The van der Waals surface area contributed by atoms with Crippen LogP contribution >= 0.6 is 15.9 Å². The summed E-state index contributed by atoms with van der Waals surface area (Å²) < 4.78 is 26.5. The van der Waals surface area contributed by atoms with Crippen LogP contribution in [0.5, 0.6) is 11.5 Å². The van der Waals surface area contributed by atoms with Crippen LogP contribution < -0.4 is 14.9 Å². The van der Waals surface area contributed by atoms with Crippen molar-refractivity contribution in [2.75, 3.05) is 6.61 Å². The molecular weight excluding hydrogens is 477 g/mol. The number of benzene rings is 3. The lowest BCUT2D eigenvalue weighted by Crippen LogP contribution is -2.19. The summed E-state index contributed by atoms with van der Waals surface area (Å²) in [4.78, 5) is 12.1. The molecule has 0 heterocycles. The van der Waals surface area contributed by atoms with Gasteiger partial charge in [-0.3, -0.25) is 4.79 Å².